The molecule has 21 heavy (non-hydrogen) atoms. The molecule has 2 aliphatic rings. The van der Waals surface area contributed by atoms with E-state index in [-0.39, 0.29) is 18.1 Å². The largest absolute Gasteiger partial charge is 0.416 e. The molecule has 0 saturated heterocycles. The van der Waals surface area contributed by atoms with Crippen molar-refractivity contribution in [3.8, 4) is 0 Å². The topological polar surface area (TPSA) is 50.4 Å². The molecule has 114 valence electrons. The molecule has 1 saturated carbocycles. The van der Waals surface area contributed by atoms with Crippen molar-refractivity contribution >= 4 is 5.84 Å². The van der Waals surface area contributed by atoms with Crippen LogP contribution < -0.4 is 11.1 Å². The molecule has 6 heteroatoms. The fourth-order valence-electron chi connectivity index (χ4n) is 3.05. The molecule has 1 aliphatic heterocycles. The quantitative estimate of drug-likeness (QED) is 0.881. The van der Waals surface area contributed by atoms with Crippen molar-refractivity contribution in [2.24, 2.45) is 10.7 Å². The van der Waals surface area contributed by atoms with Gasteiger partial charge < -0.3 is 11.1 Å². The minimum Gasteiger partial charge on any atom is -0.369 e. The van der Waals surface area contributed by atoms with Gasteiger partial charge in [0.15, 0.2) is 0 Å². The Morgan fingerprint density at radius 3 is 2.57 bits per heavy atom. The number of nitrogens with one attached hydrogen (secondary N) is 1. The summed E-state index contributed by atoms with van der Waals surface area (Å²) in [6.07, 6.45) is -0.868. The zero-order valence-electron chi connectivity index (χ0n) is 11.5. The summed E-state index contributed by atoms with van der Waals surface area (Å²) in [6, 6.07) is 6.05. The van der Waals surface area contributed by atoms with Crippen LogP contribution in [-0.4, -0.2) is 24.0 Å². The lowest BCUT2D eigenvalue weighted by Gasteiger charge is -2.28. The maximum absolute atomic E-state index is 12.5. The molecule has 1 heterocycles. The van der Waals surface area contributed by atoms with Crippen molar-refractivity contribution in [2.75, 3.05) is 0 Å². The summed E-state index contributed by atoms with van der Waals surface area (Å²) >= 11 is 0. The molecule has 1 aromatic carbocycles. The Morgan fingerprint density at radius 1 is 1.19 bits per heavy atom. The number of halogens is 3. The lowest BCUT2D eigenvalue weighted by atomic mass is 9.88. The van der Waals surface area contributed by atoms with Crippen LogP contribution in [0.2, 0.25) is 0 Å². The van der Waals surface area contributed by atoms with Crippen LogP contribution in [-0.2, 0) is 12.6 Å². The molecule has 0 amide bonds. The van der Waals surface area contributed by atoms with Gasteiger partial charge in [0.25, 0.3) is 0 Å². The standard InChI is InChI=1S/C15H18F3N3/c16-15(17,18)10-3-1-9(2-4-10)7-14-20-12-6-5-11(19)8-13(12)21-14/h1-4,11-13H,5-8,19H2,(H,20,21). The molecular formula is C15H18F3N3. The molecule has 1 aromatic rings. The van der Waals surface area contributed by atoms with E-state index in [1.807, 2.05) is 0 Å². The summed E-state index contributed by atoms with van der Waals surface area (Å²) in [6.45, 7) is 0. The molecule has 0 bridgehead atoms. The third-order valence-electron chi connectivity index (χ3n) is 4.18. The highest BCUT2D eigenvalue weighted by molar-refractivity contribution is 5.86. The van der Waals surface area contributed by atoms with Gasteiger partial charge >= 0.3 is 6.18 Å². The number of hydrogen-bond donors (Lipinski definition) is 2. The van der Waals surface area contributed by atoms with E-state index in [9.17, 15) is 13.2 Å². The Bertz CT molecular complexity index is 536. The zero-order chi connectivity index (χ0) is 15.0. The second-order valence-electron chi connectivity index (χ2n) is 5.84. The fourth-order valence-corrected chi connectivity index (χ4v) is 3.05. The van der Waals surface area contributed by atoms with Crippen molar-refractivity contribution in [1.29, 1.82) is 0 Å². The van der Waals surface area contributed by atoms with Gasteiger partial charge in [-0.25, -0.2) is 0 Å². The molecule has 3 N–H and O–H groups in total. The van der Waals surface area contributed by atoms with Gasteiger partial charge in [0.05, 0.1) is 17.6 Å². The Hall–Kier alpha value is -1.56. The zero-order valence-corrected chi connectivity index (χ0v) is 11.5. The number of alkyl halides is 3. The van der Waals surface area contributed by atoms with Crippen molar-refractivity contribution in [2.45, 2.75) is 50.0 Å². The normalized spacial score (nSPS) is 28.8. The van der Waals surface area contributed by atoms with E-state index in [2.05, 4.69) is 10.3 Å². The van der Waals surface area contributed by atoms with E-state index in [1.54, 1.807) is 0 Å². The lowest BCUT2D eigenvalue weighted by Crippen LogP contribution is -2.44. The summed E-state index contributed by atoms with van der Waals surface area (Å²) in [5, 5.41) is 3.36. The SMILES string of the molecule is NC1CCC2N=C(Cc3ccc(C(F)(F)F)cc3)NC2C1. The smallest absolute Gasteiger partial charge is 0.369 e. The number of nitrogens with two attached hydrogens (primary N) is 1. The molecular weight excluding hydrogens is 279 g/mol. The van der Waals surface area contributed by atoms with Crippen LogP contribution in [0.3, 0.4) is 0 Å². The fraction of sp³-hybridized carbons (Fsp3) is 0.533. The molecule has 0 aromatic heterocycles. The van der Waals surface area contributed by atoms with Crippen LogP contribution in [0.5, 0.6) is 0 Å². The maximum Gasteiger partial charge on any atom is 0.416 e. The van der Waals surface area contributed by atoms with E-state index in [0.717, 1.165) is 42.8 Å². The van der Waals surface area contributed by atoms with E-state index in [4.69, 9.17) is 5.73 Å². The van der Waals surface area contributed by atoms with Crippen LogP contribution in [0.25, 0.3) is 0 Å². The molecule has 3 unspecified atom stereocenters. The molecule has 3 nitrogen and oxygen atoms in total. The molecule has 0 spiro atoms. The van der Waals surface area contributed by atoms with Crippen LogP contribution in [0.1, 0.15) is 30.4 Å². The van der Waals surface area contributed by atoms with Gasteiger partial charge in [0.2, 0.25) is 0 Å². The third kappa shape index (κ3) is 3.20. The Balaban J connectivity index is 1.65. The van der Waals surface area contributed by atoms with Gasteiger partial charge in [-0.05, 0) is 37.0 Å². The summed E-state index contributed by atoms with van der Waals surface area (Å²) in [4.78, 5) is 4.64. The molecule has 3 rings (SSSR count). The molecule has 1 fully saturated rings. The van der Waals surface area contributed by atoms with E-state index < -0.39 is 11.7 Å². The highest BCUT2D eigenvalue weighted by Gasteiger charge is 2.34. The van der Waals surface area contributed by atoms with Crippen LogP contribution in [0.15, 0.2) is 29.3 Å². The highest BCUT2D eigenvalue weighted by atomic mass is 19.4. The number of benzene rings is 1. The van der Waals surface area contributed by atoms with E-state index in [1.165, 1.54) is 12.1 Å². The van der Waals surface area contributed by atoms with Gasteiger partial charge in [0, 0.05) is 12.5 Å². The highest BCUT2D eigenvalue weighted by Crippen LogP contribution is 2.29. The van der Waals surface area contributed by atoms with Gasteiger partial charge in [-0.1, -0.05) is 12.1 Å². The second kappa shape index (κ2) is 5.33. The van der Waals surface area contributed by atoms with Gasteiger partial charge in [-0.3, -0.25) is 4.99 Å². The Morgan fingerprint density at radius 2 is 1.90 bits per heavy atom. The van der Waals surface area contributed by atoms with E-state index in [0.29, 0.717) is 6.42 Å². The first-order valence-corrected chi connectivity index (χ1v) is 7.17. The summed E-state index contributed by atoms with van der Waals surface area (Å²) < 4.78 is 37.5. The van der Waals surface area contributed by atoms with Crippen molar-refractivity contribution < 1.29 is 13.2 Å². The predicted molar refractivity (Wildman–Crippen MR) is 75.1 cm³/mol. The average molecular weight is 297 g/mol. The number of nitrogens with zero attached hydrogens (tertiary/aromatic N) is 1. The summed E-state index contributed by atoms with van der Waals surface area (Å²) in [5.74, 6) is 0.860. The third-order valence-corrected chi connectivity index (χ3v) is 4.18. The first-order valence-electron chi connectivity index (χ1n) is 7.17. The van der Waals surface area contributed by atoms with Crippen molar-refractivity contribution in [3.05, 3.63) is 35.4 Å². The maximum atomic E-state index is 12.5. The molecule has 3 atom stereocenters. The second-order valence-corrected chi connectivity index (χ2v) is 5.84. The first-order chi connectivity index (χ1) is 9.91. The molecule has 0 radical (unpaired) electrons. The average Bonchev–Trinajstić information content (AvgIpc) is 2.79. The number of rotatable bonds is 2. The Kier molecular flexibility index (Phi) is 3.65. The number of hydrogen-bond acceptors (Lipinski definition) is 3. The van der Waals surface area contributed by atoms with Crippen molar-refractivity contribution in [3.63, 3.8) is 0 Å². The van der Waals surface area contributed by atoms with Crippen molar-refractivity contribution in [1.82, 2.24) is 5.32 Å². The van der Waals surface area contributed by atoms with Crippen LogP contribution in [0.4, 0.5) is 13.2 Å². The van der Waals surface area contributed by atoms with Gasteiger partial charge in [-0.15, -0.1) is 0 Å². The summed E-state index contributed by atoms with van der Waals surface area (Å²) in [5.41, 5.74) is 6.16. The lowest BCUT2D eigenvalue weighted by molar-refractivity contribution is -0.137. The van der Waals surface area contributed by atoms with Crippen LogP contribution >= 0.6 is 0 Å². The van der Waals surface area contributed by atoms with Gasteiger partial charge in [-0.2, -0.15) is 13.2 Å². The predicted octanol–water partition coefficient (Wildman–Crippen LogP) is 2.50. The number of amidine groups is 1. The van der Waals surface area contributed by atoms with E-state index >= 15 is 0 Å². The minimum atomic E-state index is -4.28. The number of aliphatic imine (C=N–C) groups is 1. The Labute approximate surface area is 121 Å². The first kappa shape index (κ1) is 14.4. The summed E-state index contributed by atoms with van der Waals surface area (Å²) in [7, 11) is 0. The monoisotopic (exact) mass is 297 g/mol. The van der Waals surface area contributed by atoms with Gasteiger partial charge in [0.1, 0.15) is 5.84 Å². The van der Waals surface area contributed by atoms with Crippen LogP contribution in [0, 0.1) is 0 Å². The number of fused-ring (bicyclic) bond motifs is 1. The minimum absolute atomic E-state index is 0.222. The molecule has 1 aliphatic carbocycles.